The Morgan fingerprint density at radius 2 is 1.65 bits per heavy atom. The zero-order valence-electron chi connectivity index (χ0n) is 14.0. The van der Waals surface area contributed by atoms with Gasteiger partial charge in [0, 0.05) is 11.3 Å². The maximum atomic E-state index is 5.86. The van der Waals surface area contributed by atoms with E-state index in [-0.39, 0.29) is 11.9 Å². The van der Waals surface area contributed by atoms with Gasteiger partial charge in [-0.25, -0.2) is 4.98 Å². The molecule has 0 aliphatic heterocycles. The fourth-order valence-corrected chi connectivity index (χ4v) is 3.44. The summed E-state index contributed by atoms with van der Waals surface area (Å²) < 4.78 is 5.86. The number of fused-ring (bicyclic) bond motifs is 1. The molecule has 130 valence electrons. The number of nitrogens with zero attached hydrogens (tertiary/aromatic N) is 4. The Bertz CT molecular complexity index is 1070. The van der Waals surface area contributed by atoms with E-state index in [1.54, 1.807) is 0 Å². The van der Waals surface area contributed by atoms with Crippen LogP contribution in [0.1, 0.15) is 11.5 Å². The molecule has 0 radical (unpaired) electrons. The van der Waals surface area contributed by atoms with Crippen molar-refractivity contribution in [1.29, 1.82) is 0 Å². The van der Waals surface area contributed by atoms with Gasteiger partial charge in [0.1, 0.15) is 5.76 Å². The molecule has 0 aliphatic rings. The molecule has 0 saturated heterocycles. The van der Waals surface area contributed by atoms with Crippen molar-refractivity contribution in [3.05, 3.63) is 53.9 Å². The highest BCUT2D eigenvalue weighted by atomic mass is 32.2. The second-order valence-electron chi connectivity index (χ2n) is 5.71. The Balaban J connectivity index is 1.58. The van der Waals surface area contributed by atoms with E-state index in [4.69, 9.17) is 15.9 Å². The van der Waals surface area contributed by atoms with E-state index in [1.807, 2.05) is 25.1 Å². The topological polar surface area (TPSA) is 117 Å². The van der Waals surface area contributed by atoms with E-state index in [2.05, 4.69) is 44.2 Å². The lowest BCUT2D eigenvalue weighted by atomic mass is 10.1. The SMILES string of the molecule is Cc1oc(-c2ccc3ccccc3c2)nc1CSc1nc(N)nc(N)n1. The Labute approximate surface area is 153 Å². The fraction of sp³-hybridized carbons (Fsp3) is 0.111. The Morgan fingerprint density at radius 3 is 2.42 bits per heavy atom. The van der Waals surface area contributed by atoms with Crippen LogP contribution in [0.5, 0.6) is 0 Å². The number of aryl methyl sites for hydroxylation is 1. The van der Waals surface area contributed by atoms with Crippen LogP contribution in [0.3, 0.4) is 0 Å². The van der Waals surface area contributed by atoms with Crippen LogP contribution in [-0.4, -0.2) is 19.9 Å². The van der Waals surface area contributed by atoms with Gasteiger partial charge in [-0.05, 0) is 29.8 Å². The molecule has 4 rings (SSSR count). The number of nitrogens with two attached hydrogens (primary N) is 2. The Hall–Kier alpha value is -3.13. The number of rotatable bonds is 4. The van der Waals surface area contributed by atoms with E-state index in [1.165, 1.54) is 17.1 Å². The van der Waals surface area contributed by atoms with Crippen molar-refractivity contribution in [1.82, 2.24) is 19.9 Å². The van der Waals surface area contributed by atoms with Crippen molar-refractivity contribution in [2.75, 3.05) is 11.5 Å². The zero-order valence-corrected chi connectivity index (χ0v) is 14.8. The number of hydrogen-bond donors (Lipinski definition) is 2. The van der Waals surface area contributed by atoms with Crippen molar-refractivity contribution >= 4 is 34.4 Å². The Kier molecular flexibility index (Phi) is 4.18. The largest absolute Gasteiger partial charge is 0.441 e. The average molecular weight is 364 g/mol. The molecule has 0 unspecified atom stereocenters. The molecular formula is C18H16N6OS. The summed E-state index contributed by atoms with van der Waals surface area (Å²) in [5.41, 5.74) is 13.0. The van der Waals surface area contributed by atoms with Crippen LogP contribution in [0.2, 0.25) is 0 Å². The lowest BCUT2D eigenvalue weighted by molar-refractivity contribution is 0.540. The molecule has 0 bridgehead atoms. The molecule has 7 nitrogen and oxygen atoms in total. The lowest BCUT2D eigenvalue weighted by Crippen LogP contribution is -2.03. The van der Waals surface area contributed by atoms with Gasteiger partial charge in [0.25, 0.3) is 0 Å². The molecular weight excluding hydrogens is 348 g/mol. The third-order valence-electron chi connectivity index (χ3n) is 3.88. The van der Waals surface area contributed by atoms with Crippen LogP contribution in [-0.2, 0) is 5.75 Å². The number of aromatic nitrogens is 4. The van der Waals surface area contributed by atoms with Gasteiger partial charge in [0.15, 0.2) is 5.16 Å². The van der Waals surface area contributed by atoms with Gasteiger partial charge in [-0.15, -0.1) is 0 Å². The summed E-state index contributed by atoms with van der Waals surface area (Å²) >= 11 is 1.38. The van der Waals surface area contributed by atoms with Gasteiger partial charge in [-0.2, -0.15) is 15.0 Å². The standard InChI is InChI=1S/C18H16N6OS/c1-10-14(9-26-18-23-16(19)22-17(20)24-18)21-15(25-10)13-7-6-11-4-2-3-5-12(11)8-13/h2-8H,9H2,1H3,(H4,19,20,22,23,24). The molecule has 8 heteroatoms. The second kappa shape index (κ2) is 6.64. The normalized spacial score (nSPS) is 11.1. The van der Waals surface area contributed by atoms with Crippen molar-refractivity contribution in [3.63, 3.8) is 0 Å². The minimum atomic E-state index is 0.105. The summed E-state index contributed by atoms with van der Waals surface area (Å²) in [6.07, 6.45) is 0. The fourth-order valence-electron chi connectivity index (χ4n) is 2.59. The zero-order chi connectivity index (χ0) is 18.1. The first-order valence-electron chi connectivity index (χ1n) is 7.94. The first-order valence-corrected chi connectivity index (χ1v) is 8.92. The van der Waals surface area contributed by atoms with Gasteiger partial charge < -0.3 is 15.9 Å². The molecule has 0 spiro atoms. The molecule has 2 heterocycles. The molecule has 2 aromatic heterocycles. The number of anilines is 2. The van der Waals surface area contributed by atoms with E-state index in [9.17, 15) is 0 Å². The van der Waals surface area contributed by atoms with E-state index in [0.29, 0.717) is 16.8 Å². The van der Waals surface area contributed by atoms with Crippen LogP contribution in [0.4, 0.5) is 11.9 Å². The summed E-state index contributed by atoms with van der Waals surface area (Å²) in [5.74, 6) is 2.11. The molecule has 0 fully saturated rings. The highest BCUT2D eigenvalue weighted by molar-refractivity contribution is 7.98. The van der Waals surface area contributed by atoms with Crippen LogP contribution >= 0.6 is 11.8 Å². The summed E-state index contributed by atoms with van der Waals surface area (Å²) in [6, 6.07) is 14.3. The van der Waals surface area contributed by atoms with Gasteiger partial charge in [0.2, 0.25) is 17.8 Å². The van der Waals surface area contributed by atoms with Gasteiger partial charge in [-0.3, -0.25) is 0 Å². The maximum absolute atomic E-state index is 5.86. The van der Waals surface area contributed by atoms with Crippen molar-refractivity contribution in [2.45, 2.75) is 17.8 Å². The molecule has 0 saturated carbocycles. The predicted octanol–water partition coefficient (Wildman–Crippen LogP) is 3.44. The molecule has 26 heavy (non-hydrogen) atoms. The second-order valence-corrected chi connectivity index (χ2v) is 6.65. The highest BCUT2D eigenvalue weighted by Crippen LogP contribution is 2.28. The minimum Gasteiger partial charge on any atom is -0.441 e. The van der Waals surface area contributed by atoms with Gasteiger partial charge in [-0.1, -0.05) is 42.1 Å². The maximum Gasteiger partial charge on any atom is 0.226 e. The van der Waals surface area contributed by atoms with Crippen LogP contribution in [0, 0.1) is 6.92 Å². The van der Waals surface area contributed by atoms with Crippen molar-refractivity contribution in [2.24, 2.45) is 0 Å². The quantitative estimate of drug-likeness (QED) is 0.529. The van der Waals surface area contributed by atoms with Crippen molar-refractivity contribution < 1.29 is 4.42 Å². The molecule has 2 aromatic carbocycles. The smallest absolute Gasteiger partial charge is 0.226 e. The van der Waals surface area contributed by atoms with Gasteiger partial charge >= 0.3 is 0 Å². The van der Waals surface area contributed by atoms with Gasteiger partial charge in [0.05, 0.1) is 5.69 Å². The minimum absolute atomic E-state index is 0.105. The van der Waals surface area contributed by atoms with Crippen LogP contribution in [0.25, 0.3) is 22.2 Å². The molecule has 4 aromatic rings. The molecule has 0 aliphatic carbocycles. The summed E-state index contributed by atoms with van der Waals surface area (Å²) in [4.78, 5) is 16.5. The first kappa shape index (κ1) is 16.3. The number of hydrogen-bond acceptors (Lipinski definition) is 8. The number of oxazole rings is 1. The summed E-state index contributed by atoms with van der Waals surface area (Å²) in [6.45, 7) is 1.89. The molecule has 0 atom stereocenters. The Morgan fingerprint density at radius 1 is 0.923 bits per heavy atom. The number of nitrogen functional groups attached to an aromatic ring is 2. The lowest BCUT2D eigenvalue weighted by Gasteiger charge is -2.00. The number of thioether (sulfide) groups is 1. The van der Waals surface area contributed by atoms with E-state index < -0.39 is 0 Å². The van der Waals surface area contributed by atoms with E-state index >= 15 is 0 Å². The third kappa shape index (κ3) is 3.31. The summed E-state index contributed by atoms with van der Waals surface area (Å²) in [7, 11) is 0. The average Bonchev–Trinajstić information content (AvgIpc) is 2.99. The van der Waals surface area contributed by atoms with Crippen molar-refractivity contribution in [3.8, 4) is 11.5 Å². The third-order valence-corrected chi connectivity index (χ3v) is 4.74. The highest BCUT2D eigenvalue weighted by Gasteiger charge is 2.13. The first-order chi connectivity index (χ1) is 12.6. The number of benzene rings is 2. The van der Waals surface area contributed by atoms with E-state index in [0.717, 1.165) is 22.4 Å². The monoisotopic (exact) mass is 364 g/mol. The van der Waals surface area contributed by atoms with Crippen LogP contribution < -0.4 is 11.5 Å². The summed E-state index contributed by atoms with van der Waals surface area (Å²) in [5, 5.41) is 2.79. The molecule has 4 N–H and O–H groups in total. The predicted molar refractivity (Wildman–Crippen MR) is 102 cm³/mol. The molecule has 0 amide bonds. The van der Waals surface area contributed by atoms with Crippen LogP contribution in [0.15, 0.2) is 52.0 Å².